The van der Waals surface area contributed by atoms with Gasteiger partial charge in [-0.1, -0.05) is 0 Å². The largest absolute Gasteiger partial charge is 0.274 e. The molecule has 0 aliphatic rings. The highest BCUT2D eigenvalue weighted by Crippen LogP contribution is 2.20. The summed E-state index contributed by atoms with van der Waals surface area (Å²) in [7, 11) is -3.73. The molecular formula is C11H12N2O3S3. The number of nitrogens with one attached hydrogen (secondary N) is 1. The van der Waals surface area contributed by atoms with Crippen LogP contribution in [0.2, 0.25) is 0 Å². The van der Waals surface area contributed by atoms with E-state index in [0.29, 0.717) is 6.42 Å². The molecule has 2 rings (SSSR count). The first-order valence-electron chi connectivity index (χ1n) is 5.46. The fourth-order valence-corrected chi connectivity index (χ4v) is 4.30. The van der Waals surface area contributed by atoms with Crippen molar-refractivity contribution in [2.24, 2.45) is 0 Å². The van der Waals surface area contributed by atoms with Gasteiger partial charge in [0.25, 0.3) is 10.0 Å². The number of aromatic nitrogens is 1. The van der Waals surface area contributed by atoms with E-state index in [2.05, 4.69) is 9.71 Å². The molecule has 0 aliphatic heterocycles. The lowest BCUT2D eigenvalue weighted by atomic mass is 10.2. The number of amides is 1. The maximum atomic E-state index is 11.9. The molecule has 0 aliphatic carbocycles. The first-order chi connectivity index (χ1) is 8.97. The van der Waals surface area contributed by atoms with Gasteiger partial charge in [-0.05, 0) is 25.5 Å². The second kappa shape index (κ2) is 5.81. The van der Waals surface area contributed by atoms with Crippen molar-refractivity contribution in [2.75, 3.05) is 0 Å². The van der Waals surface area contributed by atoms with Gasteiger partial charge in [-0.15, -0.1) is 22.7 Å². The van der Waals surface area contributed by atoms with E-state index >= 15 is 0 Å². The Bertz CT molecular complexity index is 659. The van der Waals surface area contributed by atoms with Gasteiger partial charge in [-0.3, -0.25) is 4.79 Å². The number of aryl methyl sites for hydroxylation is 2. The van der Waals surface area contributed by atoms with E-state index in [1.807, 2.05) is 12.3 Å². The van der Waals surface area contributed by atoms with Crippen molar-refractivity contribution in [3.8, 4) is 0 Å². The number of thiophene rings is 1. The minimum atomic E-state index is -3.73. The molecular weight excluding hydrogens is 304 g/mol. The molecule has 19 heavy (non-hydrogen) atoms. The molecule has 0 unspecified atom stereocenters. The summed E-state index contributed by atoms with van der Waals surface area (Å²) in [5, 5.41) is 1.84. The number of hydrogen-bond acceptors (Lipinski definition) is 6. The van der Waals surface area contributed by atoms with Crippen LogP contribution in [0.1, 0.15) is 17.0 Å². The van der Waals surface area contributed by atoms with Crippen LogP contribution in [0.4, 0.5) is 0 Å². The van der Waals surface area contributed by atoms with Crippen molar-refractivity contribution in [1.82, 2.24) is 9.71 Å². The van der Waals surface area contributed by atoms with Gasteiger partial charge in [0.2, 0.25) is 5.91 Å². The van der Waals surface area contributed by atoms with Crippen molar-refractivity contribution in [3.05, 3.63) is 33.6 Å². The zero-order chi connectivity index (χ0) is 13.9. The molecule has 102 valence electrons. The first kappa shape index (κ1) is 14.2. The van der Waals surface area contributed by atoms with E-state index in [4.69, 9.17) is 0 Å². The monoisotopic (exact) mass is 316 g/mol. The van der Waals surface area contributed by atoms with Crippen LogP contribution in [0.15, 0.2) is 27.2 Å². The van der Waals surface area contributed by atoms with Gasteiger partial charge in [0.1, 0.15) is 4.21 Å². The predicted molar refractivity (Wildman–Crippen MR) is 74.8 cm³/mol. The van der Waals surface area contributed by atoms with Gasteiger partial charge in [0.15, 0.2) is 0 Å². The first-order valence-corrected chi connectivity index (χ1v) is 8.71. The number of nitrogens with zero attached hydrogens (tertiary/aromatic N) is 1. The quantitative estimate of drug-likeness (QED) is 0.915. The van der Waals surface area contributed by atoms with Gasteiger partial charge in [-0.2, -0.15) is 0 Å². The van der Waals surface area contributed by atoms with Crippen LogP contribution in [0, 0.1) is 6.92 Å². The van der Waals surface area contributed by atoms with Crippen molar-refractivity contribution >= 4 is 38.6 Å². The Kier molecular flexibility index (Phi) is 4.33. The second-order valence-electron chi connectivity index (χ2n) is 3.87. The third-order valence-electron chi connectivity index (χ3n) is 2.32. The third-order valence-corrected chi connectivity index (χ3v) is 5.82. The van der Waals surface area contributed by atoms with Crippen molar-refractivity contribution in [2.45, 2.75) is 24.0 Å². The van der Waals surface area contributed by atoms with Gasteiger partial charge in [-0.25, -0.2) is 18.1 Å². The Balaban J connectivity index is 1.95. The number of rotatable bonds is 5. The topological polar surface area (TPSA) is 76.1 Å². The highest BCUT2D eigenvalue weighted by molar-refractivity contribution is 7.92. The van der Waals surface area contributed by atoms with E-state index in [9.17, 15) is 13.2 Å². The summed E-state index contributed by atoms with van der Waals surface area (Å²) in [5.41, 5.74) is 2.47. The van der Waals surface area contributed by atoms with Crippen LogP contribution in [0.25, 0.3) is 0 Å². The van der Waals surface area contributed by atoms with Crippen molar-refractivity contribution < 1.29 is 13.2 Å². The number of thiazole rings is 1. The molecule has 0 radical (unpaired) electrons. The maximum Gasteiger partial charge on any atom is 0.273 e. The van der Waals surface area contributed by atoms with Gasteiger partial charge < -0.3 is 0 Å². The van der Waals surface area contributed by atoms with E-state index in [1.54, 1.807) is 11.6 Å². The van der Waals surface area contributed by atoms with Crippen LogP contribution < -0.4 is 4.72 Å². The fourth-order valence-electron chi connectivity index (χ4n) is 1.41. The zero-order valence-electron chi connectivity index (χ0n) is 10.1. The fraction of sp³-hybridized carbons (Fsp3) is 0.273. The van der Waals surface area contributed by atoms with Crippen LogP contribution in [0.3, 0.4) is 0 Å². The lowest BCUT2D eigenvalue weighted by molar-refractivity contribution is -0.119. The van der Waals surface area contributed by atoms with Crippen LogP contribution >= 0.6 is 22.7 Å². The van der Waals surface area contributed by atoms with Gasteiger partial charge >= 0.3 is 0 Å². The van der Waals surface area contributed by atoms with Crippen molar-refractivity contribution in [3.63, 3.8) is 0 Å². The van der Waals surface area contributed by atoms with E-state index in [0.717, 1.165) is 21.9 Å². The molecule has 0 atom stereocenters. The molecule has 0 saturated heterocycles. The molecule has 8 heteroatoms. The number of hydrogen-bond donors (Lipinski definition) is 1. The lowest BCUT2D eigenvalue weighted by Gasteiger charge is -2.04. The van der Waals surface area contributed by atoms with Gasteiger partial charge in [0.05, 0.1) is 11.2 Å². The van der Waals surface area contributed by atoms with Crippen LogP contribution in [-0.2, 0) is 21.2 Å². The molecule has 0 bridgehead atoms. The smallest absolute Gasteiger partial charge is 0.273 e. The Morgan fingerprint density at radius 2 is 2.21 bits per heavy atom. The Morgan fingerprint density at radius 1 is 1.42 bits per heavy atom. The molecule has 2 heterocycles. The van der Waals surface area contributed by atoms with E-state index in [1.165, 1.54) is 17.4 Å². The zero-order valence-corrected chi connectivity index (χ0v) is 12.6. The van der Waals surface area contributed by atoms with E-state index in [-0.39, 0.29) is 10.6 Å². The summed E-state index contributed by atoms with van der Waals surface area (Å²) < 4.78 is 26.0. The summed E-state index contributed by atoms with van der Waals surface area (Å²) in [5.74, 6) is -0.515. The number of sulfonamides is 1. The van der Waals surface area contributed by atoms with Crippen LogP contribution in [-0.4, -0.2) is 19.3 Å². The molecule has 0 spiro atoms. The standard InChI is InChI=1S/C11H12N2O3S3/c1-8-2-5-11(18-8)19(15,16)13-10(14)4-3-9-6-17-7-12-9/h2,5-7H,3-4H2,1H3,(H,13,14). The minimum absolute atomic E-state index is 0.104. The Morgan fingerprint density at radius 3 is 2.79 bits per heavy atom. The summed E-state index contributed by atoms with van der Waals surface area (Å²) >= 11 is 2.58. The highest BCUT2D eigenvalue weighted by Gasteiger charge is 2.19. The molecule has 0 saturated carbocycles. The van der Waals surface area contributed by atoms with E-state index < -0.39 is 15.9 Å². The average Bonchev–Trinajstić information content (AvgIpc) is 2.96. The number of carbonyl (C=O) groups is 1. The minimum Gasteiger partial charge on any atom is -0.274 e. The summed E-state index contributed by atoms with van der Waals surface area (Å²) in [6.07, 6.45) is 0.543. The summed E-state index contributed by atoms with van der Waals surface area (Å²) in [6, 6.07) is 3.20. The molecule has 2 aromatic heterocycles. The average molecular weight is 316 g/mol. The molecule has 2 aromatic rings. The van der Waals surface area contributed by atoms with Crippen molar-refractivity contribution in [1.29, 1.82) is 0 Å². The molecule has 0 fully saturated rings. The molecule has 5 nitrogen and oxygen atoms in total. The highest BCUT2D eigenvalue weighted by atomic mass is 32.2. The Hall–Kier alpha value is -1.25. The normalized spacial score (nSPS) is 11.4. The van der Waals surface area contributed by atoms with Gasteiger partial charge in [0, 0.05) is 16.7 Å². The number of carbonyl (C=O) groups excluding carboxylic acids is 1. The molecule has 0 aromatic carbocycles. The predicted octanol–water partition coefficient (Wildman–Crippen LogP) is 1.95. The lowest BCUT2D eigenvalue weighted by Crippen LogP contribution is -2.30. The third kappa shape index (κ3) is 3.85. The summed E-state index contributed by atoms with van der Waals surface area (Å²) in [6.45, 7) is 1.81. The Labute approximate surface area is 119 Å². The molecule has 1 N–H and O–H groups in total. The van der Waals surface area contributed by atoms with Crippen LogP contribution in [0.5, 0.6) is 0 Å². The second-order valence-corrected chi connectivity index (χ2v) is 7.79. The SMILES string of the molecule is Cc1ccc(S(=O)(=O)NC(=O)CCc2cscn2)s1. The summed E-state index contributed by atoms with van der Waals surface area (Å²) in [4.78, 5) is 16.5. The molecule has 1 amide bonds. The maximum absolute atomic E-state index is 11.9.